The highest BCUT2D eigenvalue weighted by molar-refractivity contribution is 5.95. The van der Waals surface area contributed by atoms with Crippen LogP contribution < -0.4 is 10.6 Å². The monoisotopic (exact) mass is 543 g/mol. The van der Waals surface area contributed by atoms with E-state index < -0.39 is 60.5 Å². The molecule has 0 spiro atoms. The summed E-state index contributed by atoms with van der Waals surface area (Å²) in [6.07, 6.45) is -4.42. The van der Waals surface area contributed by atoms with Gasteiger partial charge in [0, 0.05) is 19.0 Å². The first-order valence-electron chi connectivity index (χ1n) is 12.5. The van der Waals surface area contributed by atoms with Crippen LogP contribution in [0.2, 0.25) is 0 Å². The van der Waals surface area contributed by atoms with E-state index in [2.05, 4.69) is 15.4 Å². The lowest BCUT2D eigenvalue weighted by Gasteiger charge is -2.30. The Hall–Kier alpha value is -3.06. The molecule has 5 unspecified atom stereocenters. The number of rotatable bonds is 9. The number of benzene rings is 1. The van der Waals surface area contributed by atoms with Gasteiger partial charge in [0.05, 0.1) is 6.04 Å². The molecule has 0 bridgehead atoms. The molecule has 1 aromatic rings. The molecular weight excluding hydrogens is 514 g/mol. The van der Waals surface area contributed by atoms with Gasteiger partial charge in [-0.05, 0) is 55.2 Å². The van der Waals surface area contributed by atoms with Crippen LogP contribution in [0, 0.1) is 23.6 Å². The minimum Gasteiger partial charge on any atom is -0.378 e. The van der Waals surface area contributed by atoms with Crippen LogP contribution in [0.3, 0.4) is 0 Å². The molecule has 13 heteroatoms. The van der Waals surface area contributed by atoms with Crippen LogP contribution in [-0.2, 0) is 23.9 Å². The van der Waals surface area contributed by atoms with Gasteiger partial charge >= 0.3 is 6.36 Å². The number of nitrogens with zero attached hydrogens (tertiary/aromatic N) is 1. The highest BCUT2D eigenvalue weighted by Crippen LogP contribution is 2.43. The molecule has 3 N–H and O–H groups in total. The summed E-state index contributed by atoms with van der Waals surface area (Å²) >= 11 is 0. The smallest absolute Gasteiger partial charge is 0.378 e. The number of halogens is 4. The summed E-state index contributed by atoms with van der Waals surface area (Å²) in [5.74, 6) is -4.48. The summed E-state index contributed by atoms with van der Waals surface area (Å²) in [6.45, 7) is -0.820. The fourth-order valence-electron chi connectivity index (χ4n) is 5.75. The quantitative estimate of drug-likeness (QED) is 0.407. The van der Waals surface area contributed by atoms with Crippen molar-refractivity contribution >= 4 is 23.5 Å². The van der Waals surface area contributed by atoms with Gasteiger partial charge in [0.2, 0.25) is 11.8 Å². The van der Waals surface area contributed by atoms with Crippen molar-refractivity contribution in [2.75, 3.05) is 19.7 Å². The molecule has 4 rings (SSSR count). The molecule has 2 aliphatic heterocycles. The Morgan fingerprint density at radius 3 is 2.50 bits per heavy atom. The minimum atomic E-state index is -5.06. The second kappa shape index (κ2) is 11.4. The van der Waals surface area contributed by atoms with Crippen molar-refractivity contribution in [2.45, 2.75) is 56.7 Å². The fourth-order valence-corrected chi connectivity index (χ4v) is 5.75. The Kier molecular flexibility index (Phi) is 8.36. The van der Waals surface area contributed by atoms with E-state index in [0.717, 1.165) is 25.0 Å². The number of hydrogen-bond donors (Lipinski definition) is 3. The molecule has 38 heavy (non-hydrogen) atoms. The Morgan fingerprint density at radius 2 is 1.87 bits per heavy atom. The van der Waals surface area contributed by atoms with Crippen LogP contribution in [-0.4, -0.2) is 71.7 Å². The van der Waals surface area contributed by atoms with E-state index in [0.29, 0.717) is 19.4 Å². The summed E-state index contributed by atoms with van der Waals surface area (Å²) in [5, 5.41) is 15.7. The maximum atomic E-state index is 13.5. The van der Waals surface area contributed by atoms with Gasteiger partial charge in [0.15, 0.2) is 11.9 Å². The van der Waals surface area contributed by atoms with Crippen molar-refractivity contribution in [3.05, 3.63) is 35.6 Å². The molecule has 3 aliphatic rings. The number of alkyl halides is 3. The Balaban J connectivity index is 1.53. The summed E-state index contributed by atoms with van der Waals surface area (Å²) in [5.41, 5.74) is 0.136. The molecule has 1 saturated carbocycles. The molecule has 0 radical (unpaired) electrons. The third-order valence-electron chi connectivity index (χ3n) is 7.63. The number of Topliss-reactive ketones (excluding diaryl/α,β-unsaturated/α-hetero) is 1. The molecule has 2 heterocycles. The number of aliphatic hydroxyl groups excluding tert-OH is 1. The first kappa shape index (κ1) is 28.0. The topological polar surface area (TPSA) is 125 Å². The number of nitrogens with one attached hydrogen (secondary N) is 2. The highest BCUT2D eigenvalue weighted by atomic mass is 19.4. The number of hydrogen-bond acceptors (Lipinski definition) is 6. The Labute approximate surface area is 215 Å². The van der Waals surface area contributed by atoms with Crippen molar-refractivity contribution in [3.63, 3.8) is 0 Å². The third-order valence-corrected chi connectivity index (χ3v) is 7.63. The summed E-state index contributed by atoms with van der Waals surface area (Å²) in [4.78, 5) is 52.8. The van der Waals surface area contributed by atoms with Crippen molar-refractivity contribution in [3.8, 4) is 0 Å². The van der Waals surface area contributed by atoms with Gasteiger partial charge in [0.25, 0.3) is 5.91 Å². The van der Waals surface area contributed by atoms with E-state index in [4.69, 9.17) is 0 Å². The van der Waals surface area contributed by atoms with Crippen molar-refractivity contribution < 1.29 is 46.6 Å². The maximum absolute atomic E-state index is 13.5. The molecular formula is C25H29F4N3O6. The lowest BCUT2D eigenvalue weighted by Crippen LogP contribution is -2.54. The van der Waals surface area contributed by atoms with E-state index >= 15 is 0 Å². The number of fused-ring (bicyclic) bond motifs is 1. The molecule has 1 aromatic carbocycles. The number of amides is 3. The summed E-state index contributed by atoms with van der Waals surface area (Å²) in [6, 6.07) is 2.18. The van der Waals surface area contributed by atoms with Crippen LogP contribution in [0.4, 0.5) is 17.6 Å². The number of aliphatic hydroxyl groups is 1. The summed E-state index contributed by atoms with van der Waals surface area (Å²) in [7, 11) is 0. The zero-order valence-corrected chi connectivity index (χ0v) is 20.4. The van der Waals surface area contributed by atoms with Gasteiger partial charge < -0.3 is 20.6 Å². The molecule has 3 fully saturated rings. The first-order valence-corrected chi connectivity index (χ1v) is 12.5. The van der Waals surface area contributed by atoms with Crippen molar-refractivity contribution in [1.82, 2.24) is 15.5 Å². The van der Waals surface area contributed by atoms with E-state index in [1.54, 1.807) is 0 Å². The van der Waals surface area contributed by atoms with Crippen LogP contribution >= 0.6 is 0 Å². The van der Waals surface area contributed by atoms with E-state index in [1.165, 1.54) is 17.0 Å². The standard InChI is InChI=1S/C25H29F4N3O6/c26-16-6-4-13(5-7-16)21(34)24(37)32-11-15-2-1-3-17(15)20(32)23(36)31-18(10-14-8-9-30-22(14)35)19(33)12-38-25(27,28)29/h4-7,14-15,17-18,20-21,34H,1-3,8-12H2,(H,30,35)(H,31,36)/t14?,15?,17?,18?,20-,21?/m0/s1. The maximum Gasteiger partial charge on any atom is 0.522 e. The third kappa shape index (κ3) is 6.32. The number of ketones is 1. The summed E-state index contributed by atoms with van der Waals surface area (Å²) < 4.78 is 54.7. The highest BCUT2D eigenvalue weighted by Gasteiger charge is 2.51. The van der Waals surface area contributed by atoms with Gasteiger partial charge in [0.1, 0.15) is 18.5 Å². The van der Waals surface area contributed by atoms with Crippen molar-refractivity contribution in [2.24, 2.45) is 17.8 Å². The zero-order chi connectivity index (χ0) is 27.6. The zero-order valence-electron chi connectivity index (χ0n) is 20.4. The SMILES string of the molecule is O=C1NCCC1CC(NC(=O)[C@@H]1C2CCCC2CN1C(=O)C(O)c1ccc(F)cc1)C(=O)COC(F)(F)F. The first-order chi connectivity index (χ1) is 17.9. The molecule has 9 nitrogen and oxygen atoms in total. The molecule has 6 atom stereocenters. The Bertz CT molecular complexity index is 1070. The number of ether oxygens (including phenoxy) is 1. The van der Waals surface area contributed by atoms with Gasteiger partial charge in [-0.25, -0.2) is 4.39 Å². The lowest BCUT2D eigenvalue weighted by atomic mass is 9.92. The molecule has 208 valence electrons. The second-order valence-electron chi connectivity index (χ2n) is 10.0. The molecule has 0 aromatic heterocycles. The predicted molar refractivity (Wildman–Crippen MR) is 122 cm³/mol. The van der Waals surface area contributed by atoms with Crippen LogP contribution in [0.1, 0.15) is 43.8 Å². The Morgan fingerprint density at radius 1 is 1.16 bits per heavy atom. The number of likely N-dealkylation sites (tertiary alicyclic amines) is 1. The lowest BCUT2D eigenvalue weighted by molar-refractivity contribution is -0.321. The van der Waals surface area contributed by atoms with Gasteiger partial charge in [-0.2, -0.15) is 0 Å². The largest absolute Gasteiger partial charge is 0.522 e. The fraction of sp³-hybridized carbons (Fsp3) is 0.600. The predicted octanol–water partition coefficient (Wildman–Crippen LogP) is 1.60. The number of carbonyl (C=O) groups excluding carboxylic acids is 4. The minimum absolute atomic E-state index is 0.0292. The number of carbonyl (C=O) groups is 4. The van der Waals surface area contributed by atoms with Gasteiger partial charge in [-0.15, -0.1) is 13.2 Å². The van der Waals surface area contributed by atoms with Gasteiger partial charge in [-0.3, -0.25) is 23.9 Å². The molecule has 1 aliphatic carbocycles. The van der Waals surface area contributed by atoms with Crippen LogP contribution in [0.5, 0.6) is 0 Å². The van der Waals surface area contributed by atoms with E-state index in [-0.39, 0.29) is 36.3 Å². The average molecular weight is 544 g/mol. The van der Waals surface area contributed by atoms with Crippen molar-refractivity contribution in [1.29, 1.82) is 0 Å². The normalized spacial score (nSPS) is 26.6. The van der Waals surface area contributed by atoms with E-state index in [1.807, 2.05) is 0 Å². The molecule has 3 amide bonds. The van der Waals surface area contributed by atoms with Gasteiger partial charge in [-0.1, -0.05) is 18.6 Å². The van der Waals surface area contributed by atoms with Crippen LogP contribution in [0.25, 0.3) is 0 Å². The average Bonchev–Trinajstić information content (AvgIpc) is 3.57. The molecule has 2 saturated heterocycles. The second-order valence-corrected chi connectivity index (χ2v) is 10.0. The van der Waals surface area contributed by atoms with Crippen LogP contribution in [0.15, 0.2) is 24.3 Å². The van der Waals surface area contributed by atoms with E-state index in [9.17, 15) is 41.8 Å².